The van der Waals surface area contributed by atoms with Crippen LogP contribution in [0.5, 0.6) is 0 Å². The average molecular weight is 1400 g/mol. The van der Waals surface area contributed by atoms with Gasteiger partial charge in [0.1, 0.15) is 25.5 Å². The molecule has 4 aromatic heterocycles. The number of para-hydroxylation sites is 4. The average Bonchev–Trinajstić information content (AvgIpc) is 1.52. The Labute approximate surface area is 641 Å². The highest BCUT2D eigenvalue weighted by Gasteiger charge is 2.34. The molecule has 6 nitrogen and oxygen atoms in total. The van der Waals surface area contributed by atoms with Crippen molar-refractivity contribution < 1.29 is 29.2 Å². The third kappa shape index (κ3) is 18.4. The van der Waals surface area contributed by atoms with Crippen molar-refractivity contribution in [1.82, 2.24) is 9.13 Å². The molecule has 548 valence electrons. The molecule has 0 amide bonds. The standard InChI is InChI=1S/2C30H37N2.2C18H24N.2CH4/c2*1-19(2)23-17-25(20(3)4)29(26(18-23)21(5)6)32-28-16-12-11-15-27(28)31(8)30(32)24-14-10-9-13-22(24)7;2*1-13(2)10-16-7-9-18(19(5)12-16)17-8-6-14(3)11-15(17)4;;/h2*9-21H,1-8H3;2*6-9,11-13H,10H2,1-5H3;2*1H4/q4*+1;;/i19D,20D,21D;;3D3,10D2;;;. The van der Waals surface area contributed by atoms with E-state index in [2.05, 4.69) is 255 Å². The summed E-state index contributed by atoms with van der Waals surface area (Å²) >= 11 is 0. The smallest absolute Gasteiger partial charge is 0.225 e. The van der Waals surface area contributed by atoms with Gasteiger partial charge in [-0.15, -0.1) is 0 Å². The lowest BCUT2D eigenvalue weighted by molar-refractivity contribution is -0.661. The van der Waals surface area contributed by atoms with E-state index >= 15 is 0 Å². The number of imidazole rings is 2. The molecule has 0 unspecified atom stereocenters. The fourth-order valence-electron chi connectivity index (χ4n) is 14.3. The minimum absolute atomic E-state index is 0. The summed E-state index contributed by atoms with van der Waals surface area (Å²) in [6.07, 6.45) is 3.82. The first kappa shape index (κ1) is 70.7. The van der Waals surface area contributed by atoms with Gasteiger partial charge in [0.2, 0.25) is 11.4 Å². The van der Waals surface area contributed by atoms with Gasteiger partial charge in [0, 0.05) is 67.6 Å². The summed E-state index contributed by atoms with van der Waals surface area (Å²) in [4.78, 5) is 0. The van der Waals surface area contributed by atoms with Crippen molar-refractivity contribution in [3.63, 3.8) is 0 Å². The molecule has 6 heteroatoms. The SMILES string of the molecule is C.C.Cc1ccc(-c2ccc(CC(C)C)c[n+]2C)c(C)c1.Cc1ccccc1-c1n(-c2c(C(C)C)cc(C(C)C)cc2C(C)C)c2ccccc2[n+]1C.[2H]C(C)(C)c1cc(C([2H])(C)C)c(-n2c(-c3ccccc3C)[n+](C)c3ccccc32)c(C([2H])(C)C)c1.[2H]C([2H])([2H])c1ccc(-c2ccc(C([2H])([2H])C(C)C)c[n+]2C)c(C)c1. The molecule has 0 atom stereocenters. The van der Waals surface area contributed by atoms with Crippen LogP contribution in [0.2, 0.25) is 0 Å². The lowest BCUT2D eigenvalue weighted by Gasteiger charge is -2.21. The Morgan fingerprint density at radius 3 is 1.15 bits per heavy atom. The Bertz CT molecular complexity index is 5230. The number of benzene rings is 8. The molecular formula is C98H130N6+4. The fraction of sp³-hybridized carbons (Fsp3) is 0.388. The lowest BCUT2D eigenvalue weighted by Crippen LogP contribution is -2.31. The topological polar surface area (TPSA) is 25.4 Å². The van der Waals surface area contributed by atoms with Crippen LogP contribution >= 0.6 is 0 Å². The van der Waals surface area contributed by atoms with E-state index in [1.807, 2.05) is 129 Å². The van der Waals surface area contributed by atoms with E-state index in [-0.39, 0.29) is 20.8 Å². The monoisotopic (exact) mass is 1400 g/mol. The van der Waals surface area contributed by atoms with Gasteiger partial charge in [0.25, 0.3) is 11.6 Å². The Balaban J connectivity index is 0.000000211. The highest BCUT2D eigenvalue weighted by Crippen LogP contribution is 2.42. The van der Waals surface area contributed by atoms with Crippen LogP contribution in [-0.4, -0.2) is 9.13 Å². The molecule has 0 spiro atoms. The molecule has 0 aliphatic carbocycles. The van der Waals surface area contributed by atoms with Gasteiger partial charge in [-0.25, -0.2) is 18.3 Å². The second-order valence-corrected chi connectivity index (χ2v) is 30.7. The summed E-state index contributed by atoms with van der Waals surface area (Å²) < 4.78 is 79.5. The summed E-state index contributed by atoms with van der Waals surface area (Å²) in [5.41, 5.74) is 28.8. The van der Waals surface area contributed by atoms with Gasteiger partial charge in [-0.1, -0.05) is 246 Å². The Hall–Kier alpha value is -9.00. The maximum Gasteiger partial charge on any atom is 0.295 e. The lowest BCUT2D eigenvalue weighted by atomic mass is 9.87. The van der Waals surface area contributed by atoms with Crippen LogP contribution in [0.3, 0.4) is 0 Å². The van der Waals surface area contributed by atoms with Crippen LogP contribution in [0.4, 0.5) is 0 Å². The molecule has 0 aliphatic rings. The molecule has 0 saturated heterocycles. The molecule has 0 N–H and O–H groups in total. The van der Waals surface area contributed by atoms with E-state index in [1.165, 1.54) is 78.3 Å². The maximum absolute atomic E-state index is 9.16. The molecule has 4 heterocycles. The third-order valence-electron chi connectivity index (χ3n) is 19.7. The summed E-state index contributed by atoms with van der Waals surface area (Å²) in [7, 11) is 8.30. The number of aryl methyl sites for hydroxylation is 10. The predicted molar refractivity (Wildman–Crippen MR) is 449 cm³/mol. The Morgan fingerprint density at radius 2 is 0.769 bits per heavy atom. The second-order valence-electron chi connectivity index (χ2n) is 30.7. The summed E-state index contributed by atoms with van der Waals surface area (Å²) in [6.45, 7) is 41.9. The van der Waals surface area contributed by atoms with Gasteiger partial charge in [-0.2, -0.15) is 9.13 Å². The van der Waals surface area contributed by atoms with Crippen molar-refractivity contribution >= 4 is 22.1 Å². The van der Waals surface area contributed by atoms with Crippen molar-refractivity contribution in [2.75, 3.05) is 0 Å². The normalized spacial score (nSPS) is 13.1. The minimum Gasteiger partial charge on any atom is -0.225 e. The van der Waals surface area contributed by atoms with E-state index in [4.69, 9.17) is 11.0 Å². The molecule has 8 aromatic carbocycles. The third-order valence-corrected chi connectivity index (χ3v) is 19.7. The van der Waals surface area contributed by atoms with Crippen LogP contribution in [0.1, 0.15) is 250 Å². The summed E-state index contributed by atoms with van der Waals surface area (Å²) in [6, 6.07) is 63.2. The number of aromatic nitrogens is 6. The molecule has 12 rings (SSSR count). The Kier molecular flexibility index (Phi) is 24.2. The summed E-state index contributed by atoms with van der Waals surface area (Å²) in [5, 5.41) is 0. The van der Waals surface area contributed by atoms with E-state index in [0.29, 0.717) is 34.8 Å². The van der Waals surface area contributed by atoms with Gasteiger partial charge in [-0.05, 0) is 196 Å². The minimum atomic E-state index is -2.11. The maximum atomic E-state index is 9.16. The number of hydrogen-bond donors (Lipinski definition) is 0. The van der Waals surface area contributed by atoms with Gasteiger partial charge < -0.3 is 0 Å². The van der Waals surface area contributed by atoms with E-state index in [1.54, 1.807) is 12.1 Å². The number of pyridine rings is 2. The quantitative estimate of drug-likeness (QED) is 0.0862. The van der Waals surface area contributed by atoms with Crippen LogP contribution in [0, 0.1) is 53.3 Å². The highest BCUT2D eigenvalue weighted by molar-refractivity contribution is 5.83. The number of rotatable bonds is 16. The Morgan fingerprint density at radius 1 is 0.375 bits per heavy atom. The van der Waals surface area contributed by atoms with Gasteiger partial charge in [0.05, 0.1) is 25.2 Å². The zero-order valence-corrected chi connectivity index (χ0v) is 66.3. The van der Waals surface area contributed by atoms with Gasteiger partial charge >= 0.3 is 0 Å². The molecule has 104 heavy (non-hydrogen) atoms. The summed E-state index contributed by atoms with van der Waals surface area (Å²) in [5.74, 6) is 1.47. The first-order chi connectivity index (χ1) is 51.2. The predicted octanol–water partition coefficient (Wildman–Crippen LogP) is 24.9. The van der Waals surface area contributed by atoms with Crippen LogP contribution < -0.4 is 18.3 Å². The van der Waals surface area contributed by atoms with Crippen molar-refractivity contribution in [2.45, 2.75) is 215 Å². The van der Waals surface area contributed by atoms with Crippen molar-refractivity contribution in [3.8, 4) is 56.7 Å². The van der Waals surface area contributed by atoms with Crippen molar-refractivity contribution in [1.29, 1.82) is 0 Å². The molecule has 0 aliphatic heterocycles. The van der Waals surface area contributed by atoms with Gasteiger partial charge in [-0.3, -0.25) is 0 Å². The first-order valence-corrected chi connectivity index (χ1v) is 36.9. The van der Waals surface area contributed by atoms with Gasteiger partial charge in [0.15, 0.2) is 34.5 Å². The van der Waals surface area contributed by atoms with E-state index in [0.717, 1.165) is 73.6 Å². The molecule has 0 fully saturated rings. The largest absolute Gasteiger partial charge is 0.295 e. The zero-order valence-electron chi connectivity index (χ0n) is 74.3. The molecule has 12 aromatic rings. The zero-order chi connectivity index (χ0) is 81.4. The van der Waals surface area contributed by atoms with E-state index < -0.39 is 30.9 Å². The second kappa shape index (κ2) is 35.7. The van der Waals surface area contributed by atoms with E-state index in [9.17, 15) is 0 Å². The highest BCUT2D eigenvalue weighted by atomic mass is 15.2. The molecule has 0 radical (unpaired) electrons. The molecule has 0 saturated carbocycles. The number of hydrogen-bond acceptors (Lipinski definition) is 0. The first-order valence-electron chi connectivity index (χ1n) is 40.9. The van der Waals surface area contributed by atoms with Crippen LogP contribution in [0.25, 0.3) is 78.7 Å². The number of nitrogens with zero attached hydrogens (tertiary/aromatic N) is 6. The van der Waals surface area contributed by atoms with Crippen molar-refractivity contribution in [3.05, 3.63) is 272 Å². The van der Waals surface area contributed by atoms with Crippen LogP contribution in [-0.2, 0) is 41.0 Å². The molecular weight excluding hydrogens is 1260 g/mol. The fourth-order valence-corrected chi connectivity index (χ4v) is 14.3. The van der Waals surface area contributed by atoms with Crippen LogP contribution in [0.15, 0.2) is 194 Å². The van der Waals surface area contributed by atoms with Crippen molar-refractivity contribution in [2.24, 2.45) is 40.0 Å². The molecule has 0 bridgehead atoms. The number of fused-ring (bicyclic) bond motifs is 2.